The van der Waals surface area contributed by atoms with Gasteiger partial charge in [-0.3, -0.25) is 0 Å². The molecular weight excluding hydrogens is 282 g/mol. The molecule has 0 bridgehead atoms. The van der Waals surface area contributed by atoms with E-state index in [0.717, 1.165) is 6.07 Å². The molecule has 1 N–H and O–H groups in total. The normalized spacial score (nSPS) is 9.83. The summed E-state index contributed by atoms with van der Waals surface area (Å²) in [5, 5.41) is 19.0. The average molecular weight is 284 g/mol. The van der Waals surface area contributed by atoms with E-state index in [-0.39, 0.29) is 3.57 Å². The quantitative estimate of drug-likeness (QED) is 0.366. The molecule has 0 saturated carbocycles. The fourth-order valence-electron chi connectivity index (χ4n) is 0.560. The van der Waals surface area contributed by atoms with Crippen molar-refractivity contribution in [3.05, 3.63) is 25.7 Å². The van der Waals surface area contributed by atoms with Crippen molar-refractivity contribution >= 4 is 28.4 Å². The van der Waals surface area contributed by atoms with Gasteiger partial charge in [-0.25, -0.2) is 0 Å². The van der Waals surface area contributed by atoms with Gasteiger partial charge in [-0.15, -0.1) is 0 Å². The lowest BCUT2D eigenvalue weighted by Crippen LogP contribution is -1.96. The van der Waals surface area contributed by atoms with Gasteiger partial charge in [0.1, 0.15) is 0 Å². The van der Waals surface area contributed by atoms with Gasteiger partial charge in [0.05, 0.1) is 9.64 Å². The summed E-state index contributed by atoms with van der Waals surface area (Å²) in [6, 6.07) is 0.985. The van der Waals surface area contributed by atoms with Crippen LogP contribution >= 0.6 is 22.6 Å². The number of hydrogen-bond acceptors (Lipinski definition) is 4. The molecule has 12 heavy (non-hydrogen) atoms. The van der Waals surface area contributed by atoms with E-state index in [9.17, 15) is 14.5 Å². The number of hydrogen-bond donors (Lipinski definition) is 1. The van der Waals surface area contributed by atoms with Crippen LogP contribution in [-0.2, 0) is 0 Å². The number of pyridine rings is 1. The Morgan fingerprint density at radius 3 is 2.75 bits per heavy atom. The minimum atomic E-state index is -1.23. The lowest BCUT2D eigenvalue weighted by atomic mass is 10.4. The van der Waals surface area contributed by atoms with Gasteiger partial charge in [-0.05, 0) is 32.5 Å². The van der Waals surface area contributed by atoms with Crippen molar-refractivity contribution in [2.75, 3.05) is 0 Å². The third-order valence-corrected chi connectivity index (χ3v) is 1.90. The molecule has 0 radical (unpaired) electrons. The Morgan fingerprint density at radius 2 is 2.33 bits per heavy atom. The summed E-state index contributed by atoms with van der Waals surface area (Å²) < 4.78 is 12.6. The summed E-state index contributed by atoms with van der Waals surface area (Å²) >= 11 is 1.57. The average Bonchev–Trinajstić information content (AvgIpc) is 1.99. The van der Waals surface area contributed by atoms with Crippen molar-refractivity contribution in [3.63, 3.8) is 0 Å². The highest BCUT2D eigenvalue weighted by atomic mass is 127. The first-order valence-electron chi connectivity index (χ1n) is 2.71. The highest BCUT2D eigenvalue weighted by Crippen LogP contribution is 2.24. The van der Waals surface area contributed by atoms with Crippen molar-refractivity contribution in [1.82, 2.24) is 4.98 Å². The Bertz CT molecular complexity index is 320. The Labute approximate surface area is 79.5 Å². The number of nitro groups is 1. The van der Waals surface area contributed by atoms with E-state index in [0.29, 0.717) is 0 Å². The predicted molar refractivity (Wildman–Crippen MR) is 45.2 cm³/mol. The fraction of sp³-hybridized carbons (Fsp3) is 0. The third-order valence-electron chi connectivity index (χ3n) is 1.08. The van der Waals surface area contributed by atoms with Crippen molar-refractivity contribution in [2.24, 2.45) is 0 Å². The molecule has 5 nitrogen and oxygen atoms in total. The molecule has 1 heterocycles. The molecule has 0 unspecified atom stereocenters. The van der Waals surface area contributed by atoms with Crippen LogP contribution in [0.4, 0.5) is 10.2 Å². The van der Waals surface area contributed by atoms with Crippen LogP contribution in [0, 0.1) is 19.6 Å². The Kier molecular flexibility index (Phi) is 2.40. The monoisotopic (exact) mass is 284 g/mol. The number of nitrogens with zero attached hydrogens (tertiary/aromatic N) is 2. The maximum absolute atomic E-state index is 12.5. The Morgan fingerprint density at radius 1 is 1.75 bits per heavy atom. The molecule has 0 atom stereocenters. The molecule has 0 aromatic carbocycles. The van der Waals surface area contributed by atoms with E-state index in [1.807, 2.05) is 0 Å². The molecule has 0 aliphatic heterocycles. The van der Waals surface area contributed by atoms with Crippen LogP contribution in [0.1, 0.15) is 0 Å². The zero-order valence-electron chi connectivity index (χ0n) is 5.49. The number of aromatic nitrogens is 1. The fourth-order valence-corrected chi connectivity index (χ4v) is 1.06. The Hall–Kier alpha value is -0.990. The molecule has 1 rings (SSSR count). The number of halogens is 2. The van der Waals surface area contributed by atoms with E-state index in [4.69, 9.17) is 5.11 Å². The molecule has 0 spiro atoms. The molecule has 0 fully saturated rings. The largest absolute Gasteiger partial charge is 0.501 e. The van der Waals surface area contributed by atoms with Crippen LogP contribution < -0.4 is 0 Å². The summed E-state index contributed by atoms with van der Waals surface area (Å²) in [5.74, 6) is -2.51. The van der Waals surface area contributed by atoms with Crippen LogP contribution in [0.25, 0.3) is 0 Å². The van der Waals surface area contributed by atoms with Gasteiger partial charge in [-0.1, -0.05) is 0 Å². The van der Waals surface area contributed by atoms with Crippen LogP contribution in [0.3, 0.4) is 0 Å². The van der Waals surface area contributed by atoms with Gasteiger partial charge < -0.3 is 15.2 Å². The summed E-state index contributed by atoms with van der Waals surface area (Å²) in [6.07, 6.45) is 0. The van der Waals surface area contributed by atoms with Crippen LogP contribution in [0.15, 0.2) is 6.07 Å². The van der Waals surface area contributed by atoms with Crippen LogP contribution in [-0.4, -0.2) is 15.0 Å². The van der Waals surface area contributed by atoms with Crippen molar-refractivity contribution in [3.8, 4) is 5.75 Å². The second-order valence-electron chi connectivity index (χ2n) is 1.86. The highest BCUT2D eigenvalue weighted by Gasteiger charge is 2.18. The summed E-state index contributed by atoms with van der Waals surface area (Å²) in [4.78, 5) is 12.2. The Balaban J connectivity index is 3.31. The van der Waals surface area contributed by atoms with Crippen molar-refractivity contribution in [2.45, 2.75) is 0 Å². The maximum Gasteiger partial charge on any atom is 0.368 e. The number of aromatic hydroxyl groups is 1. The first kappa shape index (κ1) is 9.10. The van der Waals surface area contributed by atoms with E-state index >= 15 is 0 Å². The lowest BCUT2D eigenvalue weighted by molar-refractivity contribution is -0.390. The van der Waals surface area contributed by atoms with Gasteiger partial charge in [0.2, 0.25) is 5.75 Å². The smallest absolute Gasteiger partial charge is 0.368 e. The molecule has 1 aromatic rings. The van der Waals surface area contributed by atoms with Gasteiger partial charge in [0, 0.05) is 0 Å². The SMILES string of the molecule is O=[N+]([O-])c1cc(I)c(O)c(F)n1. The molecular formula is C5H2FIN2O3. The summed E-state index contributed by atoms with van der Waals surface area (Å²) in [6.45, 7) is 0. The minimum absolute atomic E-state index is 0.0619. The zero-order valence-corrected chi connectivity index (χ0v) is 7.65. The van der Waals surface area contributed by atoms with Crippen LogP contribution in [0.2, 0.25) is 0 Å². The number of rotatable bonds is 1. The highest BCUT2D eigenvalue weighted by molar-refractivity contribution is 14.1. The maximum atomic E-state index is 12.5. The van der Waals surface area contributed by atoms with Crippen molar-refractivity contribution in [1.29, 1.82) is 0 Å². The van der Waals surface area contributed by atoms with E-state index in [2.05, 4.69) is 4.98 Å². The second kappa shape index (κ2) is 3.17. The summed E-state index contributed by atoms with van der Waals surface area (Å²) in [7, 11) is 0. The minimum Gasteiger partial charge on any atom is -0.501 e. The molecule has 1 aromatic heterocycles. The molecule has 0 aliphatic rings. The van der Waals surface area contributed by atoms with Gasteiger partial charge in [0.15, 0.2) is 0 Å². The first-order chi connectivity index (χ1) is 5.52. The van der Waals surface area contributed by atoms with E-state index < -0.39 is 22.4 Å². The molecule has 7 heteroatoms. The second-order valence-corrected chi connectivity index (χ2v) is 3.02. The van der Waals surface area contributed by atoms with Crippen molar-refractivity contribution < 1.29 is 14.4 Å². The molecule has 64 valence electrons. The van der Waals surface area contributed by atoms with E-state index in [1.54, 1.807) is 22.6 Å². The standard InChI is InChI=1S/C5H2FIN2O3/c6-5-4(10)2(7)1-3(8-5)9(11)12/h1,10H. The lowest BCUT2D eigenvalue weighted by Gasteiger charge is -1.95. The van der Waals surface area contributed by atoms with Gasteiger partial charge in [-0.2, -0.15) is 4.39 Å². The van der Waals surface area contributed by atoms with E-state index in [1.165, 1.54) is 0 Å². The van der Waals surface area contributed by atoms with Gasteiger partial charge >= 0.3 is 11.8 Å². The van der Waals surface area contributed by atoms with Gasteiger partial charge in [0.25, 0.3) is 0 Å². The molecule has 0 aliphatic carbocycles. The van der Waals surface area contributed by atoms with Crippen LogP contribution in [0.5, 0.6) is 5.75 Å². The third kappa shape index (κ3) is 1.60. The molecule has 0 saturated heterocycles. The summed E-state index contributed by atoms with van der Waals surface area (Å²) in [5.41, 5.74) is 0. The topological polar surface area (TPSA) is 76.3 Å². The zero-order chi connectivity index (χ0) is 9.30. The predicted octanol–water partition coefficient (Wildman–Crippen LogP) is 1.44. The molecule has 0 amide bonds. The first-order valence-corrected chi connectivity index (χ1v) is 3.79.